The molecule has 23 heavy (non-hydrogen) atoms. The fourth-order valence-corrected chi connectivity index (χ4v) is 2.57. The molecule has 0 fully saturated rings. The first-order chi connectivity index (χ1) is 11.0. The van der Waals surface area contributed by atoms with Gasteiger partial charge < -0.3 is 15.2 Å². The highest BCUT2D eigenvalue weighted by atomic mass is 19.1. The maximum Gasteiger partial charge on any atom is 0.338 e. The summed E-state index contributed by atoms with van der Waals surface area (Å²) < 4.78 is 19.2. The van der Waals surface area contributed by atoms with Gasteiger partial charge in [0.1, 0.15) is 5.82 Å². The number of carbonyl (C=O) groups excluding carboxylic acids is 2. The molecule has 0 unspecified atom stereocenters. The Kier molecular flexibility index (Phi) is 5.33. The zero-order chi connectivity index (χ0) is 17.0. The number of rotatable bonds is 5. The summed E-state index contributed by atoms with van der Waals surface area (Å²) in [5.41, 5.74) is 0.686. The average molecular weight is 322 g/mol. The van der Waals surface area contributed by atoms with Crippen molar-refractivity contribution in [3.8, 4) is 0 Å². The number of amides is 2. The maximum absolute atomic E-state index is 14.1. The average Bonchev–Trinajstić information content (AvgIpc) is 2.51. The molecule has 1 atom stereocenters. The second-order valence-electron chi connectivity index (χ2n) is 5.00. The number of β-amino-alcohol motifs (C(OH)–C–C–N with tert-alkyl or cyclic N) is 1. The number of benzene rings is 1. The predicted octanol–water partition coefficient (Wildman–Crippen LogP) is 1.72. The van der Waals surface area contributed by atoms with E-state index in [2.05, 4.69) is 5.32 Å². The highest BCUT2D eigenvalue weighted by molar-refractivity contribution is 5.95. The molecule has 0 spiro atoms. The van der Waals surface area contributed by atoms with Gasteiger partial charge in [0, 0.05) is 11.3 Å². The number of urea groups is 1. The number of esters is 1. The minimum atomic E-state index is -0.933. The van der Waals surface area contributed by atoms with Crippen LogP contribution in [-0.2, 0) is 9.53 Å². The molecule has 1 aromatic rings. The molecule has 124 valence electrons. The largest absolute Gasteiger partial charge is 0.463 e. The van der Waals surface area contributed by atoms with Crippen LogP contribution in [0.5, 0.6) is 0 Å². The molecule has 6 nitrogen and oxygen atoms in total. The molecule has 0 aromatic heterocycles. The van der Waals surface area contributed by atoms with Crippen LogP contribution in [0.1, 0.15) is 25.5 Å². The van der Waals surface area contributed by atoms with E-state index in [0.717, 1.165) is 0 Å². The fraction of sp³-hybridized carbons (Fsp3) is 0.375. The number of aliphatic hydroxyl groups is 1. The van der Waals surface area contributed by atoms with Gasteiger partial charge in [0.05, 0.1) is 31.4 Å². The van der Waals surface area contributed by atoms with Gasteiger partial charge in [-0.2, -0.15) is 0 Å². The molecule has 0 saturated heterocycles. The quantitative estimate of drug-likeness (QED) is 0.809. The third-order valence-electron chi connectivity index (χ3n) is 3.63. The summed E-state index contributed by atoms with van der Waals surface area (Å²) in [4.78, 5) is 25.8. The minimum Gasteiger partial charge on any atom is -0.463 e. The van der Waals surface area contributed by atoms with Gasteiger partial charge in [0.25, 0.3) is 0 Å². The van der Waals surface area contributed by atoms with E-state index in [4.69, 9.17) is 9.84 Å². The van der Waals surface area contributed by atoms with Crippen LogP contribution >= 0.6 is 0 Å². The smallest absolute Gasteiger partial charge is 0.338 e. The molecule has 0 aliphatic carbocycles. The Hall–Kier alpha value is -2.41. The fourth-order valence-electron chi connectivity index (χ4n) is 2.57. The van der Waals surface area contributed by atoms with E-state index < -0.39 is 23.9 Å². The van der Waals surface area contributed by atoms with Crippen LogP contribution in [0, 0.1) is 5.82 Å². The lowest BCUT2D eigenvalue weighted by atomic mass is 9.94. The molecule has 1 aromatic carbocycles. The van der Waals surface area contributed by atoms with Crippen molar-refractivity contribution >= 4 is 12.0 Å². The number of allylic oxidation sites excluding steroid dienone is 1. The number of hydrogen-bond donors (Lipinski definition) is 2. The van der Waals surface area contributed by atoms with Crippen LogP contribution < -0.4 is 5.32 Å². The summed E-state index contributed by atoms with van der Waals surface area (Å²) in [6.07, 6.45) is 0. The monoisotopic (exact) mass is 322 g/mol. The Bertz CT molecular complexity index is 645. The lowest BCUT2D eigenvalue weighted by molar-refractivity contribution is -0.139. The van der Waals surface area contributed by atoms with Crippen LogP contribution in [0.3, 0.4) is 0 Å². The molecular weight excluding hydrogens is 303 g/mol. The molecular formula is C16H19FN2O4. The lowest BCUT2D eigenvalue weighted by Crippen LogP contribution is -2.49. The summed E-state index contributed by atoms with van der Waals surface area (Å²) in [6, 6.07) is 4.49. The molecule has 0 bridgehead atoms. The molecule has 2 amide bonds. The standard InChI is InChI=1S/C16H19FN2O4/c1-3-23-15(21)13-10(2)19(8-9-20)16(22)18-14(13)11-6-4-5-7-12(11)17/h4-7,14,20H,3,8-9H2,1-2H3,(H,18,22)/t14-/m1/s1. The number of halogens is 1. The topological polar surface area (TPSA) is 78.9 Å². The molecule has 1 heterocycles. The van der Waals surface area contributed by atoms with Crippen LogP contribution in [0.2, 0.25) is 0 Å². The Morgan fingerprint density at radius 2 is 2.13 bits per heavy atom. The van der Waals surface area contributed by atoms with Crippen molar-refractivity contribution in [2.24, 2.45) is 0 Å². The molecule has 7 heteroatoms. The van der Waals surface area contributed by atoms with Crippen LogP contribution in [-0.4, -0.2) is 41.8 Å². The summed E-state index contributed by atoms with van der Waals surface area (Å²) in [6.45, 7) is 3.18. The molecule has 1 aliphatic rings. The third kappa shape index (κ3) is 3.34. The summed E-state index contributed by atoms with van der Waals surface area (Å²) >= 11 is 0. The first kappa shape index (κ1) is 17.0. The van der Waals surface area contributed by atoms with E-state index in [1.165, 1.54) is 23.1 Å². The van der Waals surface area contributed by atoms with Crippen molar-refractivity contribution < 1.29 is 23.8 Å². The van der Waals surface area contributed by atoms with E-state index in [-0.39, 0.29) is 30.9 Å². The summed E-state index contributed by atoms with van der Waals surface area (Å²) in [5.74, 6) is -1.15. The highest BCUT2D eigenvalue weighted by Gasteiger charge is 2.37. The SMILES string of the molecule is CCOC(=O)C1=C(C)N(CCO)C(=O)N[C@@H]1c1ccccc1F. The van der Waals surface area contributed by atoms with Crippen molar-refractivity contribution in [2.45, 2.75) is 19.9 Å². The van der Waals surface area contributed by atoms with Crippen molar-refractivity contribution in [1.29, 1.82) is 0 Å². The van der Waals surface area contributed by atoms with Gasteiger partial charge in [0.2, 0.25) is 0 Å². The molecule has 1 aliphatic heterocycles. The van der Waals surface area contributed by atoms with Crippen molar-refractivity contribution in [1.82, 2.24) is 10.2 Å². The van der Waals surface area contributed by atoms with Crippen molar-refractivity contribution in [2.75, 3.05) is 19.8 Å². The van der Waals surface area contributed by atoms with Crippen LogP contribution in [0.25, 0.3) is 0 Å². The van der Waals surface area contributed by atoms with Gasteiger partial charge >= 0.3 is 12.0 Å². The predicted molar refractivity (Wildman–Crippen MR) is 80.8 cm³/mol. The molecule has 0 radical (unpaired) electrons. The van der Waals surface area contributed by atoms with Gasteiger partial charge in [-0.25, -0.2) is 14.0 Å². The summed E-state index contributed by atoms with van der Waals surface area (Å²) in [5, 5.41) is 11.7. The number of nitrogens with zero attached hydrogens (tertiary/aromatic N) is 1. The van der Waals surface area contributed by atoms with Gasteiger partial charge in [-0.1, -0.05) is 18.2 Å². The molecule has 2 rings (SSSR count). The number of nitrogens with one attached hydrogen (secondary N) is 1. The van der Waals surface area contributed by atoms with E-state index >= 15 is 0 Å². The lowest BCUT2D eigenvalue weighted by Gasteiger charge is -2.35. The Labute approximate surface area is 133 Å². The van der Waals surface area contributed by atoms with Crippen molar-refractivity contribution in [3.05, 3.63) is 46.9 Å². The zero-order valence-corrected chi connectivity index (χ0v) is 13.0. The number of hydrogen-bond acceptors (Lipinski definition) is 4. The first-order valence-electron chi connectivity index (χ1n) is 7.32. The second-order valence-corrected chi connectivity index (χ2v) is 5.00. The Morgan fingerprint density at radius 1 is 1.43 bits per heavy atom. The number of aliphatic hydroxyl groups excluding tert-OH is 1. The summed E-state index contributed by atoms with van der Waals surface area (Å²) in [7, 11) is 0. The number of carbonyl (C=O) groups is 2. The Balaban J connectivity index is 2.54. The van der Waals surface area contributed by atoms with Gasteiger partial charge in [-0.15, -0.1) is 0 Å². The third-order valence-corrected chi connectivity index (χ3v) is 3.63. The van der Waals surface area contributed by atoms with E-state index in [1.54, 1.807) is 19.9 Å². The Morgan fingerprint density at radius 3 is 2.74 bits per heavy atom. The van der Waals surface area contributed by atoms with Crippen molar-refractivity contribution in [3.63, 3.8) is 0 Å². The molecule has 0 saturated carbocycles. The first-order valence-corrected chi connectivity index (χ1v) is 7.32. The highest BCUT2D eigenvalue weighted by Crippen LogP contribution is 2.32. The van der Waals surface area contributed by atoms with Gasteiger partial charge in [-0.3, -0.25) is 4.90 Å². The van der Waals surface area contributed by atoms with E-state index in [1.807, 2.05) is 0 Å². The number of ether oxygens (including phenoxy) is 1. The second kappa shape index (κ2) is 7.23. The molecule has 2 N–H and O–H groups in total. The normalized spacial score (nSPS) is 18.0. The van der Waals surface area contributed by atoms with E-state index in [0.29, 0.717) is 5.70 Å². The van der Waals surface area contributed by atoms with Gasteiger partial charge in [0.15, 0.2) is 0 Å². The zero-order valence-electron chi connectivity index (χ0n) is 13.0. The van der Waals surface area contributed by atoms with Gasteiger partial charge in [-0.05, 0) is 19.9 Å². The maximum atomic E-state index is 14.1. The minimum absolute atomic E-state index is 0.0323. The van der Waals surface area contributed by atoms with E-state index in [9.17, 15) is 14.0 Å². The van der Waals surface area contributed by atoms with Crippen LogP contribution in [0.4, 0.5) is 9.18 Å². The van der Waals surface area contributed by atoms with Crippen LogP contribution in [0.15, 0.2) is 35.5 Å².